The van der Waals surface area contributed by atoms with E-state index in [9.17, 15) is 5.11 Å². The summed E-state index contributed by atoms with van der Waals surface area (Å²) in [5.74, 6) is 1.84. The quantitative estimate of drug-likeness (QED) is 0.508. The topological polar surface area (TPSA) is 84.5 Å². The van der Waals surface area contributed by atoms with E-state index in [4.69, 9.17) is 14.2 Å². The summed E-state index contributed by atoms with van der Waals surface area (Å²) in [4.78, 5) is 11.8. The number of hydrogen-bond acceptors (Lipinski definition) is 7. The van der Waals surface area contributed by atoms with Crippen molar-refractivity contribution in [3.05, 3.63) is 65.3 Å². The van der Waals surface area contributed by atoms with E-state index in [1.165, 1.54) is 18.4 Å². The zero-order valence-corrected chi connectivity index (χ0v) is 21.5. The highest BCUT2D eigenvalue weighted by molar-refractivity contribution is 5.56. The molecular weight excluding hydrogens is 452 g/mol. The van der Waals surface area contributed by atoms with Gasteiger partial charge in [-0.05, 0) is 48.8 Å². The molecule has 0 amide bonds. The average Bonchev–Trinajstić information content (AvgIpc) is 3.61. The molecule has 1 aliphatic carbocycles. The van der Waals surface area contributed by atoms with Crippen molar-refractivity contribution in [3.8, 4) is 11.4 Å². The molecule has 1 atom stereocenters. The van der Waals surface area contributed by atoms with E-state index in [0.717, 1.165) is 55.8 Å². The molecule has 36 heavy (non-hydrogen) atoms. The van der Waals surface area contributed by atoms with Crippen LogP contribution in [0.1, 0.15) is 80.9 Å². The molecule has 1 saturated carbocycles. The average molecular weight is 489 g/mol. The van der Waals surface area contributed by atoms with Gasteiger partial charge in [0.2, 0.25) is 11.7 Å². The molecule has 0 radical (unpaired) electrons. The summed E-state index contributed by atoms with van der Waals surface area (Å²) in [7, 11) is 0. The molecular formula is C29H36N4O3. The highest BCUT2D eigenvalue weighted by atomic mass is 16.5. The van der Waals surface area contributed by atoms with Gasteiger partial charge in [0.1, 0.15) is 5.60 Å². The second-order valence-electron chi connectivity index (χ2n) is 11.5. The summed E-state index contributed by atoms with van der Waals surface area (Å²) < 4.78 is 11.1. The first-order valence-electron chi connectivity index (χ1n) is 13.3. The minimum atomic E-state index is -1.19. The normalized spacial score (nSPS) is 22.4. The van der Waals surface area contributed by atoms with E-state index in [2.05, 4.69) is 60.1 Å². The van der Waals surface area contributed by atoms with Crippen molar-refractivity contribution in [3.63, 3.8) is 0 Å². The standard InChI is InChI=1S/C29H36N4O3/c1-19(2)20-4-6-23(7-5-20)29(34,28(3)17-33(18-28)25-8-9-25)24-14-22(15-30-16-24)26-31-27(36-32-26)21-10-12-35-13-11-21/h4-7,14-16,19,21,25,34H,8-13,17-18H2,1-3H3. The van der Waals surface area contributed by atoms with Crippen molar-refractivity contribution in [2.75, 3.05) is 26.3 Å². The Kier molecular flexibility index (Phi) is 5.97. The molecule has 2 saturated heterocycles. The second kappa shape index (κ2) is 9.05. The van der Waals surface area contributed by atoms with Crippen LogP contribution in [0.15, 0.2) is 47.2 Å². The van der Waals surface area contributed by atoms with Gasteiger partial charge in [-0.3, -0.25) is 9.88 Å². The monoisotopic (exact) mass is 488 g/mol. The Bertz CT molecular complexity index is 1210. The third-order valence-electron chi connectivity index (χ3n) is 8.46. The van der Waals surface area contributed by atoms with E-state index in [0.29, 0.717) is 23.7 Å². The molecule has 7 nitrogen and oxygen atoms in total. The first-order chi connectivity index (χ1) is 17.4. The molecule has 3 aromatic rings. The summed E-state index contributed by atoms with van der Waals surface area (Å²) >= 11 is 0. The van der Waals surface area contributed by atoms with Crippen molar-refractivity contribution < 1.29 is 14.4 Å². The molecule has 6 rings (SSSR count). The SMILES string of the molecule is CC(C)c1ccc(C(O)(c2cncc(-c3noc(C4CCOCC4)n3)c2)C2(C)CN(C3CC3)C2)cc1. The molecule has 3 aliphatic rings. The van der Waals surface area contributed by atoms with Crippen molar-refractivity contribution in [1.29, 1.82) is 0 Å². The van der Waals surface area contributed by atoms with Gasteiger partial charge in [-0.15, -0.1) is 0 Å². The lowest BCUT2D eigenvalue weighted by atomic mass is 9.61. The maximum atomic E-state index is 12.6. The molecule has 190 valence electrons. The fourth-order valence-electron chi connectivity index (χ4n) is 5.97. The lowest BCUT2D eigenvalue weighted by Gasteiger charge is -2.57. The first kappa shape index (κ1) is 23.8. The Morgan fingerprint density at radius 3 is 2.42 bits per heavy atom. The maximum absolute atomic E-state index is 12.6. The van der Waals surface area contributed by atoms with Gasteiger partial charge in [-0.1, -0.05) is 50.2 Å². The van der Waals surface area contributed by atoms with Crippen LogP contribution in [-0.2, 0) is 10.3 Å². The van der Waals surface area contributed by atoms with Crippen LogP contribution in [0.25, 0.3) is 11.4 Å². The number of nitrogens with zero attached hydrogens (tertiary/aromatic N) is 4. The highest BCUT2D eigenvalue weighted by Crippen LogP contribution is 2.53. The number of rotatable bonds is 7. The van der Waals surface area contributed by atoms with Crippen molar-refractivity contribution in [2.45, 2.75) is 69.9 Å². The van der Waals surface area contributed by atoms with Crippen LogP contribution in [0.2, 0.25) is 0 Å². The van der Waals surface area contributed by atoms with Crippen LogP contribution in [-0.4, -0.2) is 57.5 Å². The zero-order chi connectivity index (χ0) is 24.9. The van der Waals surface area contributed by atoms with Gasteiger partial charge in [0.25, 0.3) is 0 Å². The lowest BCUT2D eigenvalue weighted by molar-refractivity contribution is -0.138. The fourth-order valence-corrected chi connectivity index (χ4v) is 5.97. The Labute approximate surface area is 212 Å². The smallest absolute Gasteiger partial charge is 0.230 e. The van der Waals surface area contributed by atoms with Crippen LogP contribution in [0.4, 0.5) is 0 Å². The molecule has 1 unspecified atom stereocenters. The van der Waals surface area contributed by atoms with E-state index in [1.807, 2.05) is 6.07 Å². The Balaban J connectivity index is 1.36. The Morgan fingerprint density at radius 1 is 1.03 bits per heavy atom. The van der Waals surface area contributed by atoms with Crippen molar-refractivity contribution in [1.82, 2.24) is 20.0 Å². The molecule has 0 bridgehead atoms. The number of benzene rings is 1. The summed E-state index contributed by atoms with van der Waals surface area (Å²) in [5, 5.41) is 16.9. The second-order valence-corrected chi connectivity index (χ2v) is 11.5. The molecule has 2 aliphatic heterocycles. The molecule has 4 heterocycles. The van der Waals surface area contributed by atoms with Crippen molar-refractivity contribution >= 4 is 0 Å². The molecule has 1 N–H and O–H groups in total. The van der Waals surface area contributed by atoms with Gasteiger partial charge in [0.05, 0.1) is 0 Å². The van der Waals surface area contributed by atoms with Crippen LogP contribution in [0.5, 0.6) is 0 Å². The summed E-state index contributed by atoms with van der Waals surface area (Å²) in [6.45, 7) is 9.74. The van der Waals surface area contributed by atoms with Gasteiger partial charge in [0.15, 0.2) is 0 Å². The predicted octanol–water partition coefficient (Wildman–Crippen LogP) is 4.87. The molecule has 1 aromatic carbocycles. The summed E-state index contributed by atoms with van der Waals surface area (Å²) in [5.41, 5.74) is 2.17. The van der Waals surface area contributed by atoms with Gasteiger partial charge >= 0.3 is 0 Å². The van der Waals surface area contributed by atoms with E-state index >= 15 is 0 Å². The lowest BCUT2D eigenvalue weighted by Crippen LogP contribution is -2.65. The summed E-state index contributed by atoms with van der Waals surface area (Å²) in [6.07, 6.45) is 7.86. The van der Waals surface area contributed by atoms with Crippen LogP contribution in [0, 0.1) is 5.41 Å². The van der Waals surface area contributed by atoms with Gasteiger partial charge in [0, 0.05) is 67.2 Å². The molecule has 3 fully saturated rings. The number of ether oxygens (including phenoxy) is 1. The van der Waals surface area contributed by atoms with Crippen LogP contribution in [0.3, 0.4) is 0 Å². The Morgan fingerprint density at radius 2 is 1.75 bits per heavy atom. The number of aromatic nitrogens is 3. The van der Waals surface area contributed by atoms with E-state index < -0.39 is 5.60 Å². The van der Waals surface area contributed by atoms with Gasteiger partial charge in [-0.2, -0.15) is 4.98 Å². The predicted molar refractivity (Wildman–Crippen MR) is 137 cm³/mol. The van der Waals surface area contributed by atoms with Gasteiger partial charge in [-0.25, -0.2) is 0 Å². The fraction of sp³-hybridized carbons (Fsp3) is 0.552. The Hall–Kier alpha value is -2.61. The maximum Gasteiger partial charge on any atom is 0.230 e. The van der Waals surface area contributed by atoms with Gasteiger partial charge < -0.3 is 14.4 Å². The molecule has 7 heteroatoms. The minimum absolute atomic E-state index is 0.231. The number of aliphatic hydroxyl groups is 1. The zero-order valence-electron chi connectivity index (χ0n) is 21.5. The first-order valence-corrected chi connectivity index (χ1v) is 13.3. The van der Waals surface area contributed by atoms with Crippen LogP contribution >= 0.6 is 0 Å². The minimum Gasteiger partial charge on any atom is -0.381 e. The van der Waals surface area contributed by atoms with E-state index in [1.54, 1.807) is 12.4 Å². The largest absolute Gasteiger partial charge is 0.381 e. The number of pyridine rings is 1. The molecule has 2 aromatic heterocycles. The molecule has 0 spiro atoms. The number of likely N-dealkylation sites (tertiary alicyclic amines) is 1. The third kappa shape index (κ3) is 4.07. The summed E-state index contributed by atoms with van der Waals surface area (Å²) in [6, 6.07) is 11.1. The highest BCUT2D eigenvalue weighted by Gasteiger charge is 2.58. The van der Waals surface area contributed by atoms with Crippen molar-refractivity contribution in [2.24, 2.45) is 5.41 Å². The number of hydrogen-bond donors (Lipinski definition) is 1. The van der Waals surface area contributed by atoms with Crippen LogP contribution < -0.4 is 0 Å². The van der Waals surface area contributed by atoms with E-state index in [-0.39, 0.29) is 11.3 Å². The third-order valence-corrected chi connectivity index (χ3v) is 8.46.